The van der Waals surface area contributed by atoms with Crippen molar-refractivity contribution in [3.63, 3.8) is 0 Å². The van der Waals surface area contributed by atoms with Crippen LogP contribution in [-0.2, 0) is 6.42 Å². The van der Waals surface area contributed by atoms with E-state index in [1.807, 2.05) is 17.0 Å². The van der Waals surface area contributed by atoms with Gasteiger partial charge in [0, 0.05) is 19.0 Å². The molecule has 126 valence electrons. The third kappa shape index (κ3) is 3.21. The maximum atomic E-state index is 13.0. The quantitative estimate of drug-likeness (QED) is 0.858. The zero-order valence-corrected chi connectivity index (χ0v) is 13.6. The minimum absolute atomic E-state index is 0.00545. The summed E-state index contributed by atoms with van der Waals surface area (Å²) in [6.45, 7) is 1.50. The van der Waals surface area contributed by atoms with Crippen molar-refractivity contribution in [2.45, 2.75) is 38.0 Å². The standard InChI is InChI=1S/C19H21FN2O2/c20-16-5-1-13(2-6-16)11-14-7-9-22(10-8-14)19(23)17-18(15-3-4-15)24-12-21-17/h1-2,5-6,12,14-15H,3-4,7-11H2. The highest BCUT2D eigenvalue weighted by Gasteiger charge is 2.34. The van der Waals surface area contributed by atoms with Crippen molar-refractivity contribution in [2.24, 2.45) is 5.92 Å². The van der Waals surface area contributed by atoms with Crippen molar-refractivity contribution in [3.05, 3.63) is 53.5 Å². The van der Waals surface area contributed by atoms with Gasteiger partial charge in [-0.2, -0.15) is 0 Å². The molecule has 4 nitrogen and oxygen atoms in total. The van der Waals surface area contributed by atoms with E-state index in [-0.39, 0.29) is 11.7 Å². The minimum atomic E-state index is -0.196. The zero-order chi connectivity index (χ0) is 16.5. The van der Waals surface area contributed by atoms with Crippen LogP contribution in [-0.4, -0.2) is 28.9 Å². The second-order valence-corrected chi connectivity index (χ2v) is 6.91. The molecule has 5 heteroatoms. The first-order valence-electron chi connectivity index (χ1n) is 8.68. The lowest BCUT2D eigenvalue weighted by molar-refractivity contribution is 0.0683. The van der Waals surface area contributed by atoms with Gasteiger partial charge in [-0.25, -0.2) is 9.37 Å². The summed E-state index contributed by atoms with van der Waals surface area (Å²) in [6.07, 6.45) is 6.46. The van der Waals surface area contributed by atoms with E-state index in [2.05, 4.69) is 4.98 Å². The summed E-state index contributed by atoms with van der Waals surface area (Å²) < 4.78 is 18.4. The number of amides is 1. The topological polar surface area (TPSA) is 46.3 Å². The van der Waals surface area contributed by atoms with E-state index in [1.54, 1.807) is 0 Å². The lowest BCUT2D eigenvalue weighted by Gasteiger charge is -2.31. The van der Waals surface area contributed by atoms with Crippen molar-refractivity contribution >= 4 is 5.91 Å². The van der Waals surface area contributed by atoms with Gasteiger partial charge in [0.1, 0.15) is 11.6 Å². The SMILES string of the molecule is O=C(c1ncoc1C1CC1)N1CCC(Cc2ccc(F)cc2)CC1. The lowest BCUT2D eigenvalue weighted by atomic mass is 9.90. The number of hydrogen-bond donors (Lipinski definition) is 0. The van der Waals surface area contributed by atoms with Gasteiger partial charge in [-0.3, -0.25) is 4.79 Å². The molecule has 0 radical (unpaired) electrons. The summed E-state index contributed by atoms with van der Waals surface area (Å²) in [7, 11) is 0. The predicted molar refractivity (Wildman–Crippen MR) is 87.2 cm³/mol. The molecule has 4 rings (SSSR count). The van der Waals surface area contributed by atoms with Crippen molar-refractivity contribution in [3.8, 4) is 0 Å². The molecule has 0 spiro atoms. The third-order valence-corrected chi connectivity index (χ3v) is 5.08. The highest BCUT2D eigenvalue weighted by Crippen LogP contribution is 2.41. The van der Waals surface area contributed by atoms with Gasteiger partial charge in [0.25, 0.3) is 5.91 Å². The van der Waals surface area contributed by atoms with Crippen LogP contribution in [0, 0.1) is 11.7 Å². The lowest BCUT2D eigenvalue weighted by Crippen LogP contribution is -2.39. The Hall–Kier alpha value is -2.17. The van der Waals surface area contributed by atoms with E-state index < -0.39 is 0 Å². The number of carbonyl (C=O) groups excluding carboxylic acids is 1. The van der Waals surface area contributed by atoms with Crippen molar-refractivity contribution in [1.82, 2.24) is 9.88 Å². The van der Waals surface area contributed by atoms with Gasteiger partial charge in [0.2, 0.25) is 0 Å². The van der Waals surface area contributed by atoms with Crippen LogP contribution in [0.3, 0.4) is 0 Å². The molecule has 0 unspecified atom stereocenters. The number of halogens is 1. The Morgan fingerprint density at radius 1 is 1.17 bits per heavy atom. The molecule has 0 atom stereocenters. The van der Waals surface area contributed by atoms with Crippen LogP contribution < -0.4 is 0 Å². The van der Waals surface area contributed by atoms with Gasteiger partial charge >= 0.3 is 0 Å². The van der Waals surface area contributed by atoms with Crippen LogP contribution in [0.1, 0.15) is 53.4 Å². The molecular formula is C19H21FN2O2. The fourth-order valence-electron chi connectivity index (χ4n) is 3.49. The molecule has 1 amide bonds. The molecule has 2 heterocycles. The van der Waals surface area contributed by atoms with Crippen LogP contribution in [0.4, 0.5) is 4.39 Å². The molecule has 1 aliphatic carbocycles. The number of hydrogen-bond acceptors (Lipinski definition) is 3. The second kappa shape index (κ2) is 6.38. The summed E-state index contributed by atoms with van der Waals surface area (Å²) in [5.74, 6) is 1.51. The van der Waals surface area contributed by atoms with E-state index in [4.69, 9.17) is 4.42 Å². The molecule has 1 aromatic heterocycles. The van der Waals surface area contributed by atoms with Crippen LogP contribution in [0.15, 0.2) is 35.1 Å². The second-order valence-electron chi connectivity index (χ2n) is 6.91. The predicted octanol–water partition coefficient (Wildman–Crippen LogP) is 3.79. The Balaban J connectivity index is 1.34. The molecule has 1 aromatic carbocycles. The normalized spacial score (nSPS) is 18.8. The molecule has 0 bridgehead atoms. The molecule has 24 heavy (non-hydrogen) atoms. The number of piperidine rings is 1. The molecule has 2 fully saturated rings. The van der Waals surface area contributed by atoms with Crippen molar-refractivity contribution < 1.29 is 13.6 Å². The smallest absolute Gasteiger partial charge is 0.276 e. The molecule has 2 aromatic rings. The molecule has 0 N–H and O–H groups in total. The Morgan fingerprint density at radius 2 is 1.88 bits per heavy atom. The summed E-state index contributed by atoms with van der Waals surface area (Å²) in [4.78, 5) is 18.7. The fourth-order valence-corrected chi connectivity index (χ4v) is 3.49. The van der Waals surface area contributed by atoms with Gasteiger partial charge < -0.3 is 9.32 Å². The molecule has 1 aliphatic heterocycles. The Morgan fingerprint density at radius 3 is 2.54 bits per heavy atom. The van der Waals surface area contributed by atoms with Crippen molar-refractivity contribution in [1.29, 1.82) is 0 Å². The average molecular weight is 328 g/mol. The summed E-state index contributed by atoms with van der Waals surface area (Å²) >= 11 is 0. The van der Waals surface area contributed by atoms with Gasteiger partial charge in [0.05, 0.1) is 0 Å². The summed E-state index contributed by atoms with van der Waals surface area (Å²) in [5, 5.41) is 0. The number of nitrogens with zero attached hydrogens (tertiary/aromatic N) is 2. The number of rotatable bonds is 4. The molecule has 2 aliphatic rings. The monoisotopic (exact) mass is 328 g/mol. The van der Waals surface area contributed by atoms with E-state index in [0.717, 1.165) is 56.5 Å². The largest absolute Gasteiger partial charge is 0.447 e. The maximum absolute atomic E-state index is 13.0. The van der Waals surface area contributed by atoms with Gasteiger partial charge in [-0.15, -0.1) is 0 Å². The van der Waals surface area contributed by atoms with E-state index in [0.29, 0.717) is 17.5 Å². The Kier molecular flexibility index (Phi) is 4.08. The minimum Gasteiger partial charge on any atom is -0.447 e. The molecule has 1 saturated carbocycles. The van der Waals surface area contributed by atoms with Crippen molar-refractivity contribution in [2.75, 3.05) is 13.1 Å². The number of benzene rings is 1. The number of aromatic nitrogens is 1. The van der Waals surface area contributed by atoms with Crippen LogP contribution in [0.5, 0.6) is 0 Å². The first kappa shape index (κ1) is 15.4. The van der Waals surface area contributed by atoms with Gasteiger partial charge in [-0.05, 0) is 55.7 Å². The van der Waals surface area contributed by atoms with Gasteiger partial charge in [0.15, 0.2) is 12.1 Å². The molecule has 1 saturated heterocycles. The van der Waals surface area contributed by atoms with Gasteiger partial charge in [-0.1, -0.05) is 12.1 Å². The highest BCUT2D eigenvalue weighted by atomic mass is 19.1. The number of likely N-dealkylation sites (tertiary alicyclic amines) is 1. The first-order valence-corrected chi connectivity index (χ1v) is 8.68. The Labute approximate surface area is 140 Å². The van der Waals surface area contributed by atoms with E-state index in [1.165, 1.54) is 18.5 Å². The summed E-state index contributed by atoms with van der Waals surface area (Å²) in [6, 6.07) is 6.73. The fraction of sp³-hybridized carbons (Fsp3) is 0.474. The Bertz CT molecular complexity index is 713. The van der Waals surface area contributed by atoms with E-state index >= 15 is 0 Å². The third-order valence-electron chi connectivity index (χ3n) is 5.08. The first-order chi connectivity index (χ1) is 11.7. The van der Waals surface area contributed by atoms with Crippen LogP contribution >= 0.6 is 0 Å². The average Bonchev–Trinajstić information content (AvgIpc) is 3.34. The zero-order valence-electron chi connectivity index (χ0n) is 13.6. The van der Waals surface area contributed by atoms with Crippen LogP contribution in [0.25, 0.3) is 0 Å². The highest BCUT2D eigenvalue weighted by molar-refractivity contribution is 5.93. The summed E-state index contributed by atoms with van der Waals surface area (Å²) in [5.41, 5.74) is 1.67. The maximum Gasteiger partial charge on any atom is 0.276 e. The number of oxazole rings is 1. The van der Waals surface area contributed by atoms with E-state index in [9.17, 15) is 9.18 Å². The number of carbonyl (C=O) groups is 1. The molecular weight excluding hydrogens is 307 g/mol. The van der Waals surface area contributed by atoms with Crippen LogP contribution in [0.2, 0.25) is 0 Å².